The molecule has 0 fully saturated rings. The molecule has 1 aliphatic carbocycles. The number of carbonyl (C=O) groups excluding carboxylic acids is 2. The quantitative estimate of drug-likeness (QED) is 0.609. The molecular weight excluding hydrogens is 360 g/mol. The fourth-order valence-electron chi connectivity index (χ4n) is 3.54. The number of hydrogen-bond acceptors (Lipinski definition) is 4. The Hall–Kier alpha value is -2.21. The Kier molecular flexibility index (Phi) is 6.26. The zero-order valence-corrected chi connectivity index (χ0v) is 17.0. The number of esters is 1. The summed E-state index contributed by atoms with van der Waals surface area (Å²) in [7, 11) is 1.39. The normalized spacial score (nSPS) is 15.9. The summed E-state index contributed by atoms with van der Waals surface area (Å²) >= 11 is 1.52. The van der Waals surface area contributed by atoms with Gasteiger partial charge in [0.2, 0.25) is 6.54 Å². The Labute approximate surface area is 164 Å². The van der Waals surface area contributed by atoms with Crippen LogP contribution < -0.4 is 9.88 Å². The molecule has 5 nitrogen and oxygen atoms in total. The van der Waals surface area contributed by atoms with Crippen LogP contribution in [-0.4, -0.2) is 19.0 Å². The monoisotopic (exact) mass is 387 g/mol. The van der Waals surface area contributed by atoms with Gasteiger partial charge in [0.1, 0.15) is 5.00 Å². The number of amides is 1. The fraction of sp³-hybridized carbons (Fsp3) is 0.476. The molecule has 1 atom stereocenters. The zero-order valence-electron chi connectivity index (χ0n) is 16.2. The summed E-state index contributed by atoms with van der Waals surface area (Å²) in [6.45, 7) is 4.58. The van der Waals surface area contributed by atoms with E-state index in [4.69, 9.17) is 4.74 Å². The van der Waals surface area contributed by atoms with E-state index in [1.807, 2.05) is 29.1 Å². The molecule has 27 heavy (non-hydrogen) atoms. The third-order valence-corrected chi connectivity index (χ3v) is 6.15. The number of aryl methyl sites for hydroxylation is 1. The van der Waals surface area contributed by atoms with Gasteiger partial charge in [0.15, 0.2) is 12.4 Å². The van der Waals surface area contributed by atoms with Crippen molar-refractivity contribution >= 4 is 28.2 Å². The van der Waals surface area contributed by atoms with Gasteiger partial charge in [-0.2, -0.15) is 4.57 Å². The first kappa shape index (κ1) is 19.5. The van der Waals surface area contributed by atoms with Gasteiger partial charge < -0.3 is 10.1 Å². The lowest BCUT2D eigenvalue weighted by atomic mass is 9.88. The van der Waals surface area contributed by atoms with Gasteiger partial charge in [0.05, 0.1) is 12.7 Å². The highest BCUT2D eigenvalue weighted by Gasteiger charge is 2.29. The maximum atomic E-state index is 12.6. The van der Waals surface area contributed by atoms with Gasteiger partial charge in [-0.25, -0.2) is 4.79 Å². The van der Waals surface area contributed by atoms with Crippen molar-refractivity contribution in [2.45, 2.75) is 52.5 Å². The average molecular weight is 388 g/mol. The van der Waals surface area contributed by atoms with E-state index in [1.165, 1.54) is 28.9 Å². The Balaban J connectivity index is 1.76. The van der Waals surface area contributed by atoms with Crippen LogP contribution in [0.2, 0.25) is 0 Å². The van der Waals surface area contributed by atoms with E-state index < -0.39 is 0 Å². The van der Waals surface area contributed by atoms with E-state index in [2.05, 4.69) is 19.2 Å². The van der Waals surface area contributed by atoms with Crippen molar-refractivity contribution in [3.8, 4) is 0 Å². The minimum absolute atomic E-state index is 0.139. The molecule has 0 aromatic carbocycles. The summed E-state index contributed by atoms with van der Waals surface area (Å²) < 4.78 is 6.82. The molecule has 0 radical (unpaired) electrons. The number of nitrogens with zero attached hydrogens (tertiary/aromatic N) is 1. The third kappa shape index (κ3) is 4.56. The summed E-state index contributed by atoms with van der Waals surface area (Å²) in [5.74, 6) is 0.0938. The summed E-state index contributed by atoms with van der Waals surface area (Å²) in [5.41, 5.74) is 2.86. The molecule has 0 unspecified atom stereocenters. The van der Waals surface area contributed by atoms with Gasteiger partial charge in [0.25, 0.3) is 5.91 Å². The Bertz CT molecular complexity index is 827. The molecule has 2 heterocycles. The lowest BCUT2D eigenvalue weighted by Crippen LogP contribution is -2.39. The van der Waals surface area contributed by atoms with Crippen molar-refractivity contribution in [2.24, 2.45) is 5.92 Å². The summed E-state index contributed by atoms with van der Waals surface area (Å²) in [6, 6.07) is 4.09. The maximum Gasteiger partial charge on any atom is 0.341 e. The molecule has 0 saturated heterocycles. The average Bonchev–Trinajstić information content (AvgIpc) is 2.99. The van der Waals surface area contributed by atoms with Gasteiger partial charge >= 0.3 is 5.97 Å². The van der Waals surface area contributed by atoms with Crippen LogP contribution in [0.25, 0.3) is 0 Å². The minimum atomic E-state index is -0.367. The Morgan fingerprint density at radius 1 is 1.33 bits per heavy atom. The minimum Gasteiger partial charge on any atom is -0.465 e. The molecular formula is C21H27N2O3S+. The van der Waals surface area contributed by atoms with E-state index in [-0.39, 0.29) is 18.4 Å². The fourth-order valence-corrected chi connectivity index (χ4v) is 4.95. The number of hydrogen-bond donors (Lipinski definition) is 1. The summed E-state index contributed by atoms with van der Waals surface area (Å²) in [4.78, 5) is 26.1. The number of anilines is 1. The Morgan fingerprint density at radius 3 is 2.74 bits per heavy atom. The van der Waals surface area contributed by atoms with Gasteiger partial charge in [-0.1, -0.05) is 20.3 Å². The van der Waals surface area contributed by atoms with Gasteiger partial charge in [-0.3, -0.25) is 4.79 Å². The third-order valence-electron chi connectivity index (χ3n) is 4.98. The van der Waals surface area contributed by atoms with Crippen LogP contribution in [0.15, 0.2) is 24.5 Å². The summed E-state index contributed by atoms with van der Waals surface area (Å²) in [5, 5.41) is 3.56. The smallest absolute Gasteiger partial charge is 0.341 e. The molecule has 0 saturated carbocycles. The first-order chi connectivity index (χ1) is 13.0. The predicted molar refractivity (Wildman–Crippen MR) is 106 cm³/mol. The maximum absolute atomic E-state index is 12.6. The number of nitrogens with one attached hydrogen (secondary N) is 1. The molecule has 0 aliphatic heterocycles. The predicted octanol–water partition coefficient (Wildman–Crippen LogP) is 3.54. The van der Waals surface area contributed by atoms with Crippen LogP contribution in [0.4, 0.5) is 5.00 Å². The summed E-state index contributed by atoms with van der Waals surface area (Å²) in [6.07, 6.45) is 8.85. The topological polar surface area (TPSA) is 59.3 Å². The molecule has 3 rings (SSSR count). The first-order valence-electron chi connectivity index (χ1n) is 9.52. The van der Waals surface area contributed by atoms with Crippen molar-refractivity contribution in [1.82, 2.24) is 0 Å². The number of thiophene rings is 1. The van der Waals surface area contributed by atoms with Crippen molar-refractivity contribution in [2.75, 3.05) is 12.4 Å². The van der Waals surface area contributed by atoms with Crippen LogP contribution in [0.3, 0.4) is 0 Å². The highest BCUT2D eigenvalue weighted by molar-refractivity contribution is 7.17. The standard InChI is InChI=1S/C21H26N2O3S/c1-4-5-15-8-10-23(11-9-15)13-18(24)22-20-19(21(25)26-3)16-7-6-14(2)12-17(16)27-20/h8-11,14H,4-7,12-13H2,1-3H3/p+1/t14-/m0/s1. The van der Waals surface area contributed by atoms with Crippen molar-refractivity contribution in [3.05, 3.63) is 46.1 Å². The second-order valence-electron chi connectivity index (χ2n) is 7.22. The van der Waals surface area contributed by atoms with Crippen molar-refractivity contribution in [3.63, 3.8) is 0 Å². The molecule has 1 aliphatic rings. The molecule has 2 aromatic rings. The van der Waals surface area contributed by atoms with E-state index in [9.17, 15) is 9.59 Å². The largest absolute Gasteiger partial charge is 0.465 e. The van der Waals surface area contributed by atoms with Crippen molar-refractivity contribution < 1.29 is 18.9 Å². The lowest BCUT2D eigenvalue weighted by molar-refractivity contribution is -0.684. The second-order valence-corrected chi connectivity index (χ2v) is 8.33. The number of rotatable bonds is 6. The van der Waals surface area contributed by atoms with Crippen LogP contribution in [0.1, 0.15) is 53.1 Å². The number of fused-ring (bicyclic) bond motifs is 1. The van der Waals surface area contributed by atoms with Gasteiger partial charge in [-0.05, 0) is 42.7 Å². The van der Waals surface area contributed by atoms with Crippen LogP contribution >= 0.6 is 11.3 Å². The molecule has 144 valence electrons. The number of methoxy groups -OCH3 is 1. The number of ether oxygens (including phenoxy) is 1. The molecule has 1 amide bonds. The van der Waals surface area contributed by atoms with E-state index in [0.717, 1.165) is 37.7 Å². The highest BCUT2D eigenvalue weighted by atomic mass is 32.1. The SMILES string of the molecule is CCCc1cc[n+](CC(=O)Nc2sc3c(c2C(=O)OC)CC[C@H](C)C3)cc1. The molecule has 6 heteroatoms. The van der Waals surface area contributed by atoms with Crippen LogP contribution in [-0.2, 0) is 35.3 Å². The van der Waals surface area contributed by atoms with Gasteiger partial charge in [-0.15, -0.1) is 11.3 Å². The second kappa shape index (κ2) is 8.65. The molecule has 0 bridgehead atoms. The number of pyridine rings is 1. The molecule has 2 aromatic heterocycles. The number of aromatic nitrogens is 1. The molecule has 0 spiro atoms. The van der Waals surface area contributed by atoms with Crippen molar-refractivity contribution in [1.29, 1.82) is 0 Å². The Morgan fingerprint density at radius 2 is 2.07 bits per heavy atom. The zero-order chi connectivity index (χ0) is 19.4. The molecule has 1 N–H and O–H groups in total. The van der Waals surface area contributed by atoms with E-state index >= 15 is 0 Å². The lowest BCUT2D eigenvalue weighted by Gasteiger charge is -2.18. The van der Waals surface area contributed by atoms with Gasteiger partial charge in [0, 0.05) is 17.0 Å². The van der Waals surface area contributed by atoms with E-state index in [0.29, 0.717) is 16.5 Å². The highest BCUT2D eigenvalue weighted by Crippen LogP contribution is 2.39. The van der Waals surface area contributed by atoms with E-state index in [1.54, 1.807) is 0 Å². The first-order valence-corrected chi connectivity index (χ1v) is 10.3. The number of carbonyl (C=O) groups is 2. The van der Waals surface area contributed by atoms with Crippen LogP contribution in [0.5, 0.6) is 0 Å². The van der Waals surface area contributed by atoms with Crippen LogP contribution in [0, 0.1) is 5.92 Å².